The van der Waals surface area contributed by atoms with Gasteiger partial charge in [-0.25, -0.2) is 4.79 Å². The minimum Gasteiger partial charge on any atom is -0.504 e. The molecule has 0 saturated heterocycles. The highest BCUT2D eigenvalue weighted by atomic mass is 16.7. The Kier molecular flexibility index (Phi) is 4.05. The first-order valence-electron chi connectivity index (χ1n) is 6.82. The third-order valence-corrected chi connectivity index (χ3v) is 3.18. The van der Waals surface area contributed by atoms with Crippen molar-refractivity contribution >= 4 is 12.0 Å². The Hall–Kier alpha value is -3.15. The molecule has 0 fully saturated rings. The van der Waals surface area contributed by atoms with Crippen molar-refractivity contribution in [3.63, 3.8) is 0 Å². The lowest BCUT2D eigenvalue weighted by molar-refractivity contribution is -0.128. The minimum absolute atomic E-state index is 0.0348. The number of methoxy groups -OCH3 is 1. The molecule has 0 aliphatic carbocycles. The number of phenolic OH excluding ortho intramolecular Hbond substituents is 1. The van der Waals surface area contributed by atoms with Crippen molar-refractivity contribution in [2.45, 2.75) is 0 Å². The molecule has 6 heteroatoms. The van der Waals surface area contributed by atoms with Gasteiger partial charge in [0.05, 0.1) is 7.11 Å². The lowest BCUT2D eigenvalue weighted by atomic mass is 10.2. The van der Waals surface area contributed by atoms with Crippen LogP contribution in [0, 0.1) is 0 Å². The molecule has 0 bridgehead atoms. The number of ether oxygens (including phenoxy) is 4. The zero-order valence-electron chi connectivity index (χ0n) is 12.3. The molecular formula is C17H14O6. The normalized spacial score (nSPS) is 12.4. The van der Waals surface area contributed by atoms with Crippen LogP contribution in [-0.4, -0.2) is 25.0 Å². The number of phenols is 1. The van der Waals surface area contributed by atoms with Gasteiger partial charge in [0.2, 0.25) is 6.79 Å². The van der Waals surface area contributed by atoms with Crippen LogP contribution in [0.1, 0.15) is 5.56 Å². The topological polar surface area (TPSA) is 74.2 Å². The predicted octanol–water partition coefficient (Wildman–Crippen LogP) is 2.75. The van der Waals surface area contributed by atoms with E-state index in [1.54, 1.807) is 36.4 Å². The summed E-state index contributed by atoms with van der Waals surface area (Å²) in [5.41, 5.74) is 0.697. The first-order valence-corrected chi connectivity index (χ1v) is 6.82. The number of benzene rings is 2. The highest BCUT2D eigenvalue weighted by Crippen LogP contribution is 2.35. The summed E-state index contributed by atoms with van der Waals surface area (Å²) < 4.78 is 20.6. The van der Waals surface area contributed by atoms with E-state index in [-0.39, 0.29) is 12.5 Å². The molecule has 1 N–H and O–H groups in total. The van der Waals surface area contributed by atoms with Gasteiger partial charge in [-0.2, -0.15) is 0 Å². The zero-order chi connectivity index (χ0) is 16.2. The quantitative estimate of drug-likeness (QED) is 0.531. The van der Waals surface area contributed by atoms with Crippen LogP contribution < -0.4 is 18.9 Å². The summed E-state index contributed by atoms with van der Waals surface area (Å²) in [7, 11) is 1.45. The maximum Gasteiger partial charge on any atom is 0.336 e. The number of carbonyl (C=O) groups excluding carboxylic acids is 1. The van der Waals surface area contributed by atoms with Gasteiger partial charge in [-0.15, -0.1) is 0 Å². The van der Waals surface area contributed by atoms with Crippen molar-refractivity contribution in [2.75, 3.05) is 13.9 Å². The number of rotatable bonds is 4. The highest BCUT2D eigenvalue weighted by molar-refractivity contribution is 5.88. The van der Waals surface area contributed by atoms with E-state index in [0.29, 0.717) is 28.6 Å². The van der Waals surface area contributed by atoms with Crippen LogP contribution in [-0.2, 0) is 4.79 Å². The summed E-state index contributed by atoms with van der Waals surface area (Å²) in [6, 6.07) is 9.66. The lowest BCUT2D eigenvalue weighted by Gasteiger charge is -2.04. The monoisotopic (exact) mass is 314 g/mol. The number of hydrogen-bond donors (Lipinski definition) is 1. The third-order valence-electron chi connectivity index (χ3n) is 3.18. The van der Waals surface area contributed by atoms with Gasteiger partial charge in [0.15, 0.2) is 23.0 Å². The van der Waals surface area contributed by atoms with Crippen molar-refractivity contribution in [1.29, 1.82) is 0 Å². The molecule has 3 rings (SSSR count). The van der Waals surface area contributed by atoms with E-state index in [1.807, 2.05) is 0 Å². The fourth-order valence-corrected chi connectivity index (χ4v) is 2.05. The molecule has 0 spiro atoms. The molecule has 1 aliphatic rings. The molecule has 23 heavy (non-hydrogen) atoms. The predicted molar refractivity (Wildman–Crippen MR) is 81.9 cm³/mol. The van der Waals surface area contributed by atoms with Gasteiger partial charge < -0.3 is 24.1 Å². The lowest BCUT2D eigenvalue weighted by Crippen LogP contribution is -2.03. The number of aromatic hydroxyl groups is 1. The molecule has 118 valence electrons. The van der Waals surface area contributed by atoms with E-state index in [0.717, 1.165) is 0 Å². The molecule has 6 nitrogen and oxygen atoms in total. The van der Waals surface area contributed by atoms with E-state index < -0.39 is 5.97 Å². The van der Waals surface area contributed by atoms with Crippen LogP contribution >= 0.6 is 0 Å². The van der Waals surface area contributed by atoms with Gasteiger partial charge >= 0.3 is 5.97 Å². The van der Waals surface area contributed by atoms with E-state index in [9.17, 15) is 9.90 Å². The van der Waals surface area contributed by atoms with Crippen LogP contribution in [0.15, 0.2) is 42.5 Å². The maximum absolute atomic E-state index is 11.8. The number of esters is 1. The average Bonchev–Trinajstić information content (AvgIpc) is 3.01. The van der Waals surface area contributed by atoms with Crippen molar-refractivity contribution in [3.05, 3.63) is 48.0 Å². The first kappa shape index (κ1) is 14.8. The van der Waals surface area contributed by atoms with Crippen LogP contribution in [0.5, 0.6) is 28.7 Å². The van der Waals surface area contributed by atoms with Gasteiger partial charge in [-0.3, -0.25) is 0 Å². The zero-order valence-corrected chi connectivity index (χ0v) is 12.3. The third kappa shape index (κ3) is 3.37. The number of fused-ring (bicyclic) bond motifs is 1. The van der Waals surface area contributed by atoms with Crippen LogP contribution in [0.3, 0.4) is 0 Å². The molecular weight excluding hydrogens is 300 g/mol. The summed E-state index contributed by atoms with van der Waals surface area (Å²) in [4.78, 5) is 11.8. The fraction of sp³-hybridized carbons (Fsp3) is 0.118. The standard InChI is InChI=1S/C17H14O6/c1-20-15-8-11(2-5-13(15)18)3-7-17(19)23-12-4-6-14-16(9-12)22-10-21-14/h2-9,18H,10H2,1H3. The Morgan fingerprint density at radius 2 is 2.00 bits per heavy atom. The summed E-state index contributed by atoms with van der Waals surface area (Å²) in [5.74, 6) is 1.37. The van der Waals surface area contributed by atoms with Crippen molar-refractivity contribution in [1.82, 2.24) is 0 Å². The Morgan fingerprint density at radius 3 is 2.83 bits per heavy atom. The Labute approximate surface area is 132 Å². The van der Waals surface area contributed by atoms with Crippen LogP contribution in [0.4, 0.5) is 0 Å². The Bertz CT molecular complexity index is 766. The van der Waals surface area contributed by atoms with E-state index >= 15 is 0 Å². The second kappa shape index (κ2) is 6.31. The van der Waals surface area contributed by atoms with Crippen molar-refractivity contribution < 1.29 is 28.8 Å². The second-order valence-electron chi connectivity index (χ2n) is 4.70. The Balaban J connectivity index is 1.67. The van der Waals surface area contributed by atoms with E-state index in [2.05, 4.69) is 0 Å². The molecule has 0 saturated carbocycles. The van der Waals surface area contributed by atoms with Crippen molar-refractivity contribution in [2.24, 2.45) is 0 Å². The fourth-order valence-electron chi connectivity index (χ4n) is 2.05. The van der Waals surface area contributed by atoms with E-state index in [1.165, 1.54) is 19.3 Å². The smallest absolute Gasteiger partial charge is 0.336 e. The van der Waals surface area contributed by atoms with Gasteiger partial charge in [0.25, 0.3) is 0 Å². The summed E-state index contributed by atoms with van der Waals surface area (Å²) >= 11 is 0. The first-order chi connectivity index (χ1) is 11.2. The molecule has 1 heterocycles. The minimum atomic E-state index is -0.532. The molecule has 0 aromatic heterocycles. The van der Waals surface area contributed by atoms with Crippen molar-refractivity contribution in [3.8, 4) is 28.7 Å². The molecule has 0 radical (unpaired) electrons. The largest absolute Gasteiger partial charge is 0.504 e. The molecule has 0 unspecified atom stereocenters. The summed E-state index contributed by atoms with van der Waals surface area (Å²) in [6.45, 7) is 0.162. The highest BCUT2D eigenvalue weighted by Gasteiger charge is 2.14. The molecule has 1 aliphatic heterocycles. The van der Waals surface area contributed by atoms with Gasteiger partial charge in [0.1, 0.15) is 5.75 Å². The summed E-state index contributed by atoms with van der Waals surface area (Å²) in [6.07, 6.45) is 2.85. The van der Waals surface area contributed by atoms with Gasteiger partial charge in [-0.1, -0.05) is 6.07 Å². The maximum atomic E-state index is 11.8. The van der Waals surface area contributed by atoms with E-state index in [4.69, 9.17) is 18.9 Å². The number of carbonyl (C=O) groups is 1. The molecule has 0 amide bonds. The summed E-state index contributed by atoms with van der Waals surface area (Å²) in [5, 5.41) is 9.52. The Morgan fingerprint density at radius 1 is 1.17 bits per heavy atom. The van der Waals surface area contributed by atoms with Gasteiger partial charge in [0, 0.05) is 12.1 Å². The molecule has 2 aromatic carbocycles. The molecule has 2 aromatic rings. The van der Waals surface area contributed by atoms with Crippen LogP contribution in [0.25, 0.3) is 6.08 Å². The molecule has 0 atom stereocenters. The van der Waals surface area contributed by atoms with Crippen LogP contribution in [0.2, 0.25) is 0 Å². The average molecular weight is 314 g/mol. The SMILES string of the molecule is COc1cc(C=CC(=O)Oc2ccc3c(c2)OCO3)ccc1O. The second-order valence-corrected chi connectivity index (χ2v) is 4.70. The number of hydrogen-bond acceptors (Lipinski definition) is 6. The van der Waals surface area contributed by atoms with Gasteiger partial charge in [-0.05, 0) is 35.9 Å².